The van der Waals surface area contributed by atoms with Crippen LogP contribution in [-0.4, -0.2) is 115 Å². The van der Waals surface area contributed by atoms with Crippen molar-refractivity contribution in [3.63, 3.8) is 0 Å². The molecule has 5 heterocycles. The van der Waals surface area contributed by atoms with Gasteiger partial charge in [0.15, 0.2) is 0 Å². The number of allylic oxidation sites excluding steroid dienone is 1. The van der Waals surface area contributed by atoms with E-state index in [2.05, 4.69) is 48.6 Å². The second-order valence-electron chi connectivity index (χ2n) is 18.9. The number of nitrogens with zero attached hydrogens (tertiary/aromatic N) is 5. The zero-order valence-corrected chi connectivity index (χ0v) is 40.2. The van der Waals surface area contributed by atoms with Gasteiger partial charge in [-0.25, -0.2) is 4.98 Å². The van der Waals surface area contributed by atoms with Crippen LogP contribution in [0.3, 0.4) is 0 Å². The molecule has 3 N–H and O–H groups in total. The molecule has 3 saturated heterocycles. The highest BCUT2D eigenvalue weighted by Gasteiger charge is 2.34. The van der Waals surface area contributed by atoms with Gasteiger partial charge in [0.2, 0.25) is 0 Å². The number of piperazine rings is 1. The number of carbonyl (C=O) groups excluding carboxylic acids is 1. The number of nitrogens with one attached hydrogen (secondary N) is 3. The fraction of sp³-hybridized carbons (Fsp3) is 0.440. The highest BCUT2D eigenvalue weighted by atomic mass is 35.5. The van der Waals surface area contributed by atoms with Gasteiger partial charge in [-0.1, -0.05) is 37.1 Å². The summed E-state index contributed by atoms with van der Waals surface area (Å²) in [6.45, 7) is 12.0. The fourth-order valence-corrected chi connectivity index (χ4v) is 10.7. The number of aromatic nitrogens is 2. The molecule has 14 nitrogen and oxygen atoms in total. The Balaban J connectivity index is 0.874. The Labute approximate surface area is 408 Å². The molecule has 3 fully saturated rings. The van der Waals surface area contributed by atoms with Gasteiger partial charge in [0.05, 0.1) is 35.0 Å². The minimum atomic E-state index is -4.48. The van der Waals surface area contributed by atoms with Crippen LogP contribution in [-0.2, 0) is 15.7 Å². The van der Waals surface area contributed by atoms with Crippen LogP contribution in [0.5, 0.6) is 11.5 Å². The lowest BCUT2D eigenvalue weighted by molar-refractivity contribution is -0.384. The standard InChI is InChI=1S/C50H56ClF3N8O6S/c1-49(2)13-9-33(42(27-49)40-6-3-34(24-43(40)51)50(52,53)54)30-59-15-17-60(18-16-59)36-4-7-41(46(25-36)68-37-23-32-10-14-55-47(32)57-28-37)48(63)58-69-39-5-8-44(45(26-39)62(64)65)56-29-38-31-61(19-22-67-38)35-11-20-66-21-12-35/h3-8,10,14,23-26,28,35,38,56H,9,11-13,15-22,27,29-31H2,1-2H3,(H,55,57)(H,58,63). The average molecular weight is 990 g/mol. The minimum Gasteiger partial charge on any atom is -0.455 e. The second kappa shape index (κ2) is 20.9. The Hall–Kier alpha value is -5.37. The maximum Gasteiger partial charge on any atom is 0.416 e. The molecule has 0 radical (unpaired) electrons. The number of halogens is 4. The summed E-state index contributed by atoms with van der Waals surface area (Å²) in [4.78, 5) is 40.9. The van der Waals surface area contributed by atoms with E-state index in [-0.39, 0.29) is 27.8 Å². The minimum absolute atomic E-state index is 0.0162. The molecule has 4 aliphatic rings. The van der Waals surface area contributed by atoms with Crippen molar-refractivity contribution in [3.05, 3.63) is 117 Å². The Morgan fingerprint density at radius 1 is 1.03 bits per heavy atom. The maximum absolute atomic E-state index is 14.0. The quantitative estimate of drug-likeness (QED) is 0.0552. The van der Waals surface area contributed by atoms with Gasteiger partial charge in [0.1, 0.15) is 22.8 Å². The third kappa shape index (κ3) is 11.8. The van der Waals surface area contributed by atoms with E-state index >= 15 is 0 Å². The van der Waals surface area contributed by atoms with Gasteiger partial charge in [-0.15, -0.1) is 0 Å². The SMILES string of the molecule is CC1(C)CCC(CN2CCN(c3ccc(C(=O)NSc4ccc(NCC5CN(C6CCOCC6)CCO5)c([N+](=O)[O-])c4)c(Oc4cnc5[nH]ccc5c4)c3)CC2)=C(c2ccc(C(F)(F)F)cc2Cl)C1. The van der Waals surface area contributed by atoms with E-state index in [0.29, 0.717) is 72.1 Å². The third-order valence-corrected chi connectivity index (χ3v) is 14.7. The van der Waals surface area contributed by atoms with Crippen LogP contribution in [0.15, 0.2) is 89.6 Å². The summed E-state index contributed by atoms with van der Waals surface area (Å²) in [5.74, 6) is 0.291. The Bertz CT molecular complexity index is 2700. The molecule has 0 spiro atoms. The zero-order valence-electron chi connectivity index (χ0n) is 38.6. The van der Waals surface area contributed by atoms with Crippen molar-refractivity contribution in [1.82, 2.24) is 24.5 Å². The van der Waals surface area contributed by atoms with Crippen molar-refractivity contribution in [2.75, 3.05) is 82.4 Å². The van der Waals surface area contributed by atoms with Crippen molar-refractivity contribution in [3.8, 4) is 11.5 Å². The molecule has 69 heavy (non-hydrogen) atoms. The zero-order chi connectivity index (χ0) is 48.3. The monoisotopic (exact) mass is 988 g/mol. The number of benzene rings is 3. The molecule has 5 aromatic rings. The molecule has 366 valence electrons. The number of fused-ring (bicyclic) bond motifs is 1. The van der Waals surface area contributed by atoms with Crippen LogP contribution >= 0.6 is 23.5 Å². The van der Waals surface area contributed by atoms with Crippen molar-refractivity contribution in [1.29, 1.82) is 0 Å². The van der Waals surface area contributed by atoms with Crippen LogP contribution in [0.4, 0.5) is 30.2 Å². The van der Waals surface area contributed by atoms with E-state index < -0.39 is 22.6 Å². The summed E-state index contributed by atoms with van der Waals surface area (Å²) < 4.78 is 61.4. The van der Waals surface area contributed by atoms with Crippen LogP contribution in [0.1, 0.15) is 67.4 Å². The Morgan fingerprint density at radius 3 is 2.61 bits per heavy atom. The first kappa shape index (κ1) is 48.6. The van der Waals surface area contributed by atoms with Crippen molar-refractivity contribution in [2.24, 2.45) is 5.41 Å². The highest BCUT2D eigenvalue weighted by molar-refractivity contribution is 7.98. The number of aromatic amines is 1. The number of nitro benzene ring substituents is 1. The van der Waals surface area contributed by atoms with Crippen LogP contribution < -0.4 is 19.7 Å². The molecule has 1 atom stereocenters. The van der Waals surface area contributed by atoms with E-state index in [1.807, 2.05) is 24.3 Å². The first-order chi connectivity index (χ1) is 33.2. The number of anilines is 2. The average Bonchev–Trinajstić information content (AvgIpc) is 3.82. The number of carbonyl (C=O) groups is 1. The largest absolute Gasteiger partial charge is 0.455 e. The lowest BCUT2D eigenvalue weighted by Gasteiger charge is -2.39. The van der Waals surface area contributed by atoms with Gasteiger partial charge < -0.3 is 29.4 Å². The van der Waals surface area contributed by atoms with Gasteiger partial charge in [0.25, 0.3) is 11.6 Å². The van der Waals surface area contributed by atoms with Crippen molar-refractivity contribution in [2.45, 2.75) is 69.2 Å². The smallest absolute Gasteiger partial charge is 0.416 e. The molecule has 3 aromatic carbocycles. The predicted octanol–water partition coefficient (Wildman–Crippen LogP) is 10.5. The van der Waals surface area contributed by atoms with E-state index in [1.54, 1.807) is 30.6 Å². The number of amides is 1. The lowest BCUT2D eigenvalue weighted by atomic mass is 9.72. The molecule has 19 heteroatoms. The lowest BCUT2D eigenvalue weighted by Crippen LogP contribution is -2.51. The van der Waals surface area contributed by atoms with Gasteiger partial charge in [0, 0.05) is 111 Å². The molecular weight excluding hydrogens is 933 g/mol. The van der Waals surface area contributed by atoms with Gasteiger partial charge in [-0.05, 0) is 109 Å². The molecular formula is C50H56ClF3N8O6S. The number of H-pyrrole nitrogens is 1. The molecule has 1 amide bonds. The van der Waals surface area contributed by atoms with E-state index in [1.165, 1.54) is 17.7 Å². The number of rotatable bonds is 14. The summed E-state index contributed by atoms with van der Waals surface area (Å²) in [5, 5.41) is 16.5. The number of morpholine rings is 1. The van der Waals surface area contributed by atoms with Gasteiger partial charge >= 0.3 is 6.18 Å². The van der Waals surface area contributed by atoms with Gasteiger partial charge in [-0.2, -0.15) is 13.2 Å². The summed E-state index contributed by atoms with van der Waals surface area (Å²) >= 11 is 7.54. The Kier molecular flexibility index (Phi) is 14.8. The summed E-state index contributed by atoms with van der Waals surface area (Å²) in [5.41, 5.74) is 4.18. The van der Waals surface area contributed by atoms with Crippen molar-refractivity contribution < 1.29 is 37.1 Å². The van der Waals surface area contributed by atoms with E-state index in [0.717, 1.165) is 112 Å². The molecule has 9 rings (SSSR count). The van der Waals surface area contributed by atoms with E-state index in [4.69, 9.17) is 25.8 Å². The molecule has 3 aliphatic heterocycles. The van der Waals surface area contributed by atoms with E-state index in [9.17, 15) is 28.1 Å². The number of alkyl halides is 3. The number of ether oxygens (including phenoxy) is 3. The summed E-state index contributed by atoms with van der Waals surface area (Å²) in [6.07, 6.45) is 3.27. The first-order valence-electron chi connectivity index (χ1n) is 23.4. The molecule has 1 unspecified atom stereocenters. The number of nitro groups is 1. The molecule has 0 bridgehead atoms. The maximum atomic E-state index is 14.0. The van der Waals surface area contributed by atoms with Crippen LogP contribution in [0.25, 0.3) is 16.6 Å². The van der Waals surface area contributed by atoms with Crippen LogP contribution in [0.2, 0.25) is 5.02 Å². The predicted molar refractivity (Wildman–Crippen MR) is 262 cm³/mol. The van der Waals surface area contributed by atoms with Crippen LogP contribution in [0, 0.1) is 15.5 Å². The number of hydrogen-bond donors (Lipinski definition) is 3. The second-order valence-corrected chi connectivity index (χ2v) is 20.2. The normalized spacial score (nSPS) is 19.7. The highest BCUT2D eigenvalue weighted by Crippen LogP contribution is 2.46. The van der Waals surface area contributed by atoms with Crippen molar-refractivity contribution >= 4 is 63.1 Å². The fourth-order valence-electron chi connectivity index (χ4n) is 9.75. The topological polar surface area (TPSA) is 150 Å². The third-order valence-electron chi connectivity index (χ3n) is 13.6. The number of pyridine rings is 1. The first-order valence-corrected chi connectivity index (χ1v) is 24.6. The Morgan fingerprint density at radius 2 is 1.84 bits per heavy atom. The number of hydrogen-bond acceptors (Lipinski definition) is 12. The summed E-state index contributed by atoms with van der Waals surface area (Å²) in [6, 6.07) is 18.1. The summed E-state index contributed by atoms with van der Waals surface area (Å²) in [7, 11) is 0. The molecule has 2 aromatic heterocycles. The van der Waals surface area contributed by atoms with Gasteiger partial charge in [-0.3, -0.25) is 29.4 Å². The molecule has 1 aliphatic carbocycles. The molecule has 0 saturated carbocycles.